The minimum atomic E-state index is -3.54. The zero-order chi connectivity index (χ0) is 15.5. The molecule has 1 aliphatic heterocycles. The number of benzene rings is 1. The molecular formula is C15H21NO4S. The van der Waals surface area contributed by atoms with E-state index in [-0.39, 0.29) is 16.5 Å². The fourth-order valence-corrected chi connectivity index (χ4v) is 4.54. The van der Waals surface area contributed by atoms with Gasteiger partial charge in [-0.05, 0) is 43.5 Å². The third-order valence-electron chi connectivity index (χ3n) is 3.90. The maximum Gasteiger partial charge on any atom is 0.335 e. The van der Waals surface area contributed by atoms with E-state index in [4.69, 9.17) is 5.11 Å². The van der Waals surface area contributed by atoms with Crippen LogP contribution in [0.1, 0.15) is 49.4 Å². The summed E-state index contributed by atoms with van der Waals surface area (Å²) >= 11 is 0. The predicted octanol–water partition coefficient (Wildman–Crippen LogP) is 2.73. The van der Waals surface area contributed by atoms with Gasteiger partial charge in [0.1, 0.15) is 0 Å². The van der Waals surface area contributed by atoms with E-state index in [2.05, 4.69) is 6.92 Å². The van der Waals surface area contributed by atoms with E-state index in [1.807, 2.05) is 0 Å². The van der Waals surface area contributed by atoms with Crippen molar-refractivity contribution in [2.75, 3.05) is 6.54 Å². The number of aromatic carboxylic acids is 1. The van der Waals surface area contributed by atoms with Crippen molar-refractivity contribution in [2.24, 2.45) is 0 Å². The van der Waals surface area contributed by atoms with Gasteiger partial charge in [0.05, 0.1) is 10.5 Å². The molecule has 0 aromatic heterocycles. The van der Waals surface area contributed by atoms with Crippen LogP contribution in [-0.2, 0) is 10.0 Å². The average molecular weight is 311 g/mol. The van der Waals surface area contributed by atoms with Crippen LogP contribution < -0.4 is 0 Å². The third-order valence-corrected chi connectivity index (χ3v) is 5.87. The molecule has 1 saturated heterocycles. The lowest BCUT2D eigenvalue weighted by Gasteiger charge is -2.34. The summed E-state index contributed by atoms with van der Waals surface area (Å²) in [5.41, 5.74) is 0.0951. The molecular weight excluding hydrogens is 290 g/mol. The van der Waals surface area contributed by atoms with Gasteiger partial charge >= 0.3 is 5.97 Å². The van der Waals surface area contributed by atoms with E-state index in [9.17, 15) is 13.2 Å². The lowest BCUT2D eigenvalue weighted by molar-refractivity contribution is 0.0696. The fraction of sp³-hybridized carbons (Fsp3) is 0.533. The van der Waals surface area contributed by atoms with Crippen molar-refractivity contribution in [1.82, 2.24) is 4.31 Å². The van der Waals surface area contributed by atoms with Gasteiger partial charge in [-0.3, -0.25) is 0 Å². The number of piperidine rings is 1. The van der Waals surface area contributed by atoms with Crippen molar-refractivity contribution in [3.8, 4) is 0 Å². The molecule has 1 atom stereocenters. The highest BCUT2D eigenvalue weighted by Crippen LogP contribution is 2.27. The molecule has 1 fully saturated rings. The maximum atomic E-state index is 12.7. The van der Waals surface area contributed by atoms with Crippen LogP contribution in [0.2, 0.25) is 0 Å². The van der Waals surface area contributed by atoms with Crippen LogP contribution in [0.5, 0.6) is 0 Å². The van der Waals surface area contributed by atoms with E-state index in [0.29, 0.717) is 6.54 Å². The monoisotopic (exact) mass is 311 g/mol. The van der Waals surface area contributed by atoms with Crippen LogP contribution >= 0.6 is 0 Å². The molecule has 1 aromatic rings. The highest BCUT2D eigenvalue weighted by molar-refractivity contribution is 7.89. The highest BCUT2D eigenvalue weighted by Gasteiger charge is 2.32. The van der Waals surface area contributed by atoms with Crippen molar-refractivity contribution in [3.63, 3.8) is 0 Å². The summed E-state index contributed by atoms with van der Waals surface area (Å²) in [5.74, 6) is -1.05. The SMILES string of the molecule is CCCC1CCCCN1S(=O)(=O)c1ccc(C(=O)O)cc1. The Hall–Kier alpha value is -1.40. The number of carbonyl (C=O) groups is 1. The Balaban J connectivity index is 2.28. The molecule has 1 N–H and O–H groups in total. The van der Waals surface area contributed by atoms with Crippen LogP contribution in [0.25, 0.3) is 0 Å². The van der Waals surface area contributed by atoms with E-state index in [0.717, 1.165) is 32.1 Å². The number of carboxylic acids is 1. The van der Waals surface area contributed by atoms with Crippen LogP contribution in [0.3, 0.4) is 0 Å². The molecule has 2 rings (SSSR count). The summed E-state index contributed by atoms with van der Waals surface area (Å²) in [6.45, 7) is 2.61. The zero-order valence-corrected chi connectivity index (χ0v) is 13.0. The van der Waals surface area contributed by atoms with Gasteiger partial charge in [-0.25, -0.2) is 13.2 Å². The molecule has 116 valence electrons. The molecule has 1 heterocycles. The molecule has 21 heavy (non-hydrogen) atoms. The van der Waals surface area contributed by atoms with Crippen LogP contribution in [0.15, 0.2) is 29.2 Å². The van der Waals surface area contributed by atoms with Crippen molar-refractivity contribution in [3.05, 3.63) is 29.8 Å². The van der Waals surface area contributed by atoms with E-state index in [1.54, 1.807) is 4.31 Å². The summed E-state index contributed by atoms with van der Waals surface area (Å²) in [6, 6.07) is 5.52. The van der Waals surface area contributed by atoms with Crippen molar-refractivity contribution in [2.45, 2.75) is 50.0 Å². The normalized spacial score (nSPS) is 20.3. The Morgan fingerprint density at radius 3 is 2.52 bits per heavy atom. The first-order chi connectivity index (χ1) is 9.96. The molecule has 5 nitrogen and oxygen atoms in total. The number of carboxylic acid groups (broad SMARTS) is 1. The smallest absolute Gasteiger partial charge is 0.335 e. The lowest BCUT2D eigenvalue weighted by Crippen LogP contribution is -2.43. The van der Waals surface area contributed by atoms with Gasteiger partial charge in [-0.2, -0.15) is 4.31 Å². The van der Waals surface area contributed by atoms with Gasteiger partial charge in [-0.15, -0.1) is 0 Å². The number of hydrogen-bond acceptors (Lipinski definition) is 3. The van der Waals surface area contributed by atoms with Gasteiger partial charge in [-0.1, -0.05) is 19.8 Å². The van der Waals surface area contributed by atoms with Gasteiger partial charge in [0.15, 0.2) is 0 Å². The molecule has 1 aliphatic rings. The Bertz CT molecular complexity index is 593. The Labute approximate surface area is 125 Å². The van der Waals surface area contributed by atoms with Crippen molar-refractivity contribution < 1.29 is 18.3 Å². The Morgan fingerprint density at radius 1 is 1.29 bits per heavy atom. The molecule has 0 spiro atoms. The minimum Gasteiger partial charge on any atom is -0.478 e. The first-order valence-electron chi connectivity index (χ1n) is 7.32. The second-order valence-electron chi connectivity index (χ2n) is 5.38. The standard InChI is InChI=1S/C15H21NO4S/c1-2-5-13-6-3-4-11-16(13)21(19,20)14-9-7-12(8-10-14)15(17)18/h7-10,13H,2-6,11H2,1H3,(H,17,18). The number of hydrogen-bond donors (Lipinski definition) is 1. The van der Waals surface area contributed by atoms with Crippen molar-refractivity contribution in [1.29, 1.82) is 0 Å². The molecule has 0 amide bonds. The Kier molecular flexibility index (Phi) is 5.00. The fourth-order valence-electron chi connectivity index (χ4n) is 2.82. The molecule has 0 bridgehead atoms. The van der Waals surface area contributed by atoms with Crippen LogP contribution in [-0.4, -0.2) is 36.4 Å². The van der Waals surface area contributed by atoms with E-state index in [1.165, 1.54) is 24.3 Å². The number of sulfonamides is 1. The predicted molar refractivity (Wildman–Crippen MR) is 79.8 cm³/mol. The molecule has 1 unspecified atom stereocenters. The molecule has 0 aliphatic carbocycles. The molecule has 6 heteroatoms. The summed E-state index contributed by atoms with van der Waals surface area (Å²) < 4.78 is 27.1. The quantitative estimate of drug-likeness (QED) is 0.907. The van der Waals surface area contributed by atoms with Crippen molar-refractivity contribution >= 4 is 16.0 Å². The highest BCUT2D eigenvalue weighted by atomic mass is 32.2. The average Bonchev–Trinajstić information content (AvgIpc) is 2.48. The third kappa shape index (κ3) is 3.44. The first kappa shape index (κ1) is 16.0. The van der Waals surface area contributed by atoms with E-state index < -0.39 is 16.0 Å². The second-order valence-corrected chi connectivity index (χ2v) is 7.27. The largest absolute Gasteiger partial charge is 0.478 e. The van der Waals surface area contributed by atoms with Gasteiger partial charge in [0.2, 0.25) is 10.0 Å². The maximum absolute atomic E-state index is 12.7. The van der Waals surface area contributed by atoms with Gasteiger partial charge in [0, 0.05) is 12.6 Å². The van der Waals surface area contributed by atoms with Gasteiger partial charge in [0.25, 0.3) is 0 Å². The Morgan fingerprint density at radius 2 is 1.95 bits per heavy atom. The van der Waals surface area contributed by atoms with Crippen LogP contribution in [0.4, 0.5) is 0 Å². The summed E-state index contributed by atoms with van der Waals surface area (Å²) in [6.07, 6.45) is 4.67. The molecule has 0 saturated carbocycles. The second kappa shape index (κ2) is 6.58. The lowest BCUT2D eigenvalue weighted by atomic mass is 10.0. The number of rotatable bonds is 5. The summed E-state index contributed by atoms with van der Waals surface area (Å²) in [5, 5.41) is 8.88. The zero-order valence-electron chi connectivity index (χ0n) is 12.2. The molecule has 1 aromatic carbocycles. The molecule has 0 radical (unpaired) electrons. The minimum absolute atomic E-state index is 0.0629. The van der Waals surface area contributed by atoms with Gasteiger partial charge < -0.3 is 5.11 Å². The van der Waals surface area contributed by atoms with Crippen LogP contribution in [0, 0.1) is 0 Å². The number of nitrogens with zero attached hydrogens (tertiary/aromatic N) is 1. The topological polar surface area (TPSA) is 74.7 Å². The summed E-state index contributed by atoms with van der Waals surface area (Å²) in [4.78, 5) is 11.0. The summed E-state index contributed by atoms with van der Waals surface area (Å²) in [7, 11) is -3.54. The van der Waals surface area contributed by atoms with E-state index >= 15 is 0 Å². The first-order valence-corrected chi connectivity index (χ1v) is 8.76.